The molecule has 1 saturated heterocycles. The van der Waals surface area contributed by atoms with Crippen molar-refractivity contribution in [1.29, 1.82) is 0 Å². The fraction of sp³-hybridized carbons (Fsp3) is 0.647. The molecule has 116 valence electrons. The molecule has 4 heteroatoms. The van der Waals surface area contributed by atoms with E-state index in [0.717, 1.165) is 36.0 Å². The van der Waals surface area contributed by atoms with E-state index in [0.29, 0.717) is 11.6 Å². The number of hydrogen-bond donors (Lipinski definition) is 1. The largest absolute Gasteiger partial charge is 0.496 e. The Kier molecular flexibility index (Phi) is 4.43. The molecule has 0 aromatic heterocycles. The van der Waals surface area contributed by atoms with Crippen molar-refractivity contribution in [2.24, 2.45) is 0 Å². The molecule has 1 aliphatic heterocycles. The second-order valence-electron chi connectivity index (χ2n) is 6.54. The van der Waals surface area contributed by atoms with E-state index >= 15 is 0 Å². The third kappa shape index (κ3) is 3.05. The molecule has 1 atom stereocenters. The molecule has 1 aliphatic carbocycles. The number of hydrogen-bond acceptors (Lipinski definition) is 3. The Hall–Kier alpha value is -0.770. The number of benzene rings is 1. The first-order chi connectivity index (χ1) is 10.1. The first kappa shape index (κ1) is 15.1. The Balaban J connectivity index is 1.79. The lowest BCUT2D eigenvalue weighted by atomic mass is 9.92. The summed E-state index contributed by atoms with van der Waals surface area (Å²) in [4.78, 5) is 2.56. The lowest BCUT2D eigenvalue weighted by Gasteiger charge is -2.45. The standard InChI is InChI=1S/C17H25ClN2O/c1-13-10-19-17(8-3-4-9-17)12-20(13)11-14-15(18)6-5-7-16(14)21-2/h5-7,13,19H,3-4,8-12H2,1-2H3. The summed E-state index contributed by atoms with van der Waals surface area (Å²) < 4.78 is 5.49. The summed E-state index contributed by atoms with van der Waals surface area (Å²) in [6.07, 6.45) is 5.31. The summed E-state index contributed by atoms with van der Waals surface area (Å²) in [5.74, 6) is 0.897. The molecular weight excluding hydrogens is 284 g/mol. The van der Waals surface area contributed by atoms with E-state index in [9.17, 15) is 0 Å². The molecule has 0 bridgehead atoms. The van der Waals surface area contributed by atoms with Crippen LogP contribution >= 0.6 is 11.6 Å². The zero-order chi connectivity index (χ0) is 14.9. The van der Waals surface area contributed by atoms with Crippen molar-refractivity contribution in [2.45, 2.75) is 50.7 Å². The molecule has 1 unspecified atom stereocenters. The van der Waals surface area contributed by atoms with E-state index in [-0.39, 0.29) is 0 Å². The maximum absolute atomic E-state index is 6.40. The Labute approximate surface area is 132 Å². The van der Waals surface area contributed by atoms with Crippen LogP contribution in [-0.4, -0.2) is 36.7 Å². The number of methoxy groups -OCH3 is 1. The molecule has 3 nitrogen and oxygen atoms in total. The summed E-state index contributed by atoms with van der Waals surface area (Å²) in [7, 11) is 1.72. The van der Waals surface area contributed by atoms with Gasteiger partial charge in [-0.3, -0.25) is 4.90 Å². The van der Waals surface area contributed by atoms with Gasteiger partial charge in [0.15, 0.2) is 0 Å². The van der Waals surface area contributed by atoms with Crippen molar-refractivity contribution < 1.29 is 4.74 Å². The number of ether oxygens (including phenoxy) is 1. The van der Waals surface area contributed by atoms with Crippen LogP contribution < -0.4 is 10.1 Å². The third-order valence-electron chi connectivity index (χ3n) is 5.12. The van der Waals surface area contributed by atoms with E-state index < -0.39 is 0 Å². The average Bonchev–Trinajstić information content (AvgIpc) is 2.93. The molecule has 1 aromatic carbocycles. The van der Waals surface area contributed by atoms with Gasteiger partial charge in [0.05, 0.1) is 7.11 Å². The Morgan fingerprint density at radius 2 is 2.14 bits per heavy atom. The van der Waals surface area contributed by atoms with Crippen LogP contribution in [0.4, 0.5) is 0 Å². The molecule has 1 aromatic rings. The van der Waals surface area contributed by atoms with Gasteiger partial charge in [0.25, 0.3) is 0 Å². The minimum atomic E-state index is 0.334. The topological polar surface area (TPSA) is 24.5 Å². The van der Waals surface area contributed by atoms with Gasteiger partial charge in [-0.25, -0.2) is 0 Å². The first-order valence-corrected chi connectivity index (χ1v) is 8.32. The Morgan fingerprint density at radius 1 is 1.38 bits per heavy atom. The molecule has 21 heavy (non-hydrogen) atoms. The quantitative estimate of drug-likeness (QED) is 0.925. The van der Waals surface area contributed by atoms with Gasteiger partial charge in [-0.05, 0) is 31.9 Å². The number of halogens is 1. The summed E-state index contributed by atoms with van der Waals surface area (Å²) in [5.41, 5.74) is 1.45. The first-order valence-electron chi connectivity index (χ1n) is 7.94. The average molecular weight is 309 g/mol. The summed E-state index contributed by atoms with van der Waals surface area (Å²) in [6.45, 7) is 5.33. The second-order valence-corrected chi connectivity index (χ2v) is 6.95. The Bertz CT molecular complexity index is 500. The number of nitrogens with one attached hydrogen (secondary N) is 1. The second kappa shape index (κ2) is 6.15. The highest BCUT2D eigenvalue weighted by atomic mass is 35.5. The maximum Gasteiger partial charge on any atom is 0.124 e. The molecule has 1 saturated carbocycles. The molecule has 1 heterocycles. The van der Waals surface area contributed by atoms with Crippen LogP contribution in [0.25, 0.3) is 0 Å². The highest BCUT2D eigenvalue weighted by Gasteiger charge is 2.40. The molecule has 1 spiro atoms. The predicted molar refractivity (Wildman–Crippen MR) is 87.1 cm³/mol. The van der Waals surface area contributed by atoms with Crippen LogP contribution in [0.3, 0.4) is 0 Å². The molecular formula is C17H25ClN2O. The van der Waals surface area contributed by atoms with Gasteiger partial charge in [0, 0.05) is 41.8 Å². The molecule has 2 fully saturated rings. The smallest absolute Gasteiger partial charge is 0.124 e. The molecule has 2 aliphatic rings. The molecule has 1 N–H and O–H groups in total. The lowest BCUT2D eigenvalue weighted by molar-refractivity contribution is 0.0820. The number of nitrogens with zero attached hydrogens (tertiary/aromatic N) is 1. The monoisotopic (exact) mass is 308 g/mol. The maximum atomic E-state index is 6.40. The highest BCUT2D eigenvalue weighted by molar-refractivity contribution is 6.31. The van der Waals surface area contributed by atoms with Crippen LogP contribution in [0.2, 0.25) is 5.02 Å². The normalized spacial score (nSPS) is 25.4. The van der Waals surface area contributed by atoms with Crippen molar-refractivity contribution >= 4 is 11.6 Å². The summed E-state index contributed by atoms with van der Waals surface area (Å²) >= 11 is 6.40. The lowest BCUT2D eigenvalue weighted by Crippen LogP contribution is -2.62. The van der Waals surface area contributed by atoms with E-state index in [1.54, 1.807) is 7.11 Å². The van der Waals surface area contributed by atoms with Gasteiger partial charge in [0.1, 0.15) is 5.75 Å². The number of rotatable bonds is 3. The highest BCUT2D eigenvalue weighted by Crippen LogP contribution is 2.35. The van der Waals surface area contributed by atoms with Crippen molar-refractivity contribution in [3.05, 3.63) is 28.8 Å². The van der Waals surface area contributed by atoms with E-state index in [2.05, 4.69) is 17.1 Å². The third-order valence-corrected chi connectivity index (χ3v) is 5.47. The van der Waals surface area contributed by atoms with E-state index in [1.807, 2.05) is 18.2 Å². The molecule has 0 amide bonds. The van der Waals surface area contributed by atoms with Crippen LogP contribution in [0.1, 0.15) is 38.2 Å². The van der Waals surface area contributed by atoms with E-state index in [1.165, 1.54) is 25.7 Å². The SMILES string of the molecule is COc1cccc(Cl)c1CN1CC2(CCCC2)NCC1C. The zero-order valence-corrected chi connectivity index (χ0v) is 13.7. The predicted octanol–water partition coefficient (Wildman–Crippen LogP) is 3.46. The Morgan fingerprint density at radius 3 is 2.86 bits per heavy atom. The zero-order valence-electron chi connectivity index (χ0n) is 13.0. The van der Waals surface area contributed by atoms with Crippen molar-refractivity contribution in [2.75, 3.05) is 20.2 Å². The van der Waals surface area contributed by atoms with Crippen LogP contribution in [0, 0.1) is 0 Å². The minimum absolute atomic E-state index is 0.334. The van der Waals surface area contributed by atoms with Crippen LogP contribution in [0.15, 0.2) is 18.2 Å². The minimum Gasteiger partial charge on any atom is -0.496 e. The van der Waals surface area contributed by atoms with E-state index in [4.69, 9.17) is 16.3 Å². The van der Waals surface area contributed by atoms with Crippen LogP contribution in [-0.2, 0) is 6.54 Å². The van der Waals surface area contributed by atoms with Crippen molar-refractivity contribution in [1.82, 2.24) is 10.2 Å². The summed E-state index contributed by atoms with van der Waals surface area (Å²) in [6, 6.07) is 6.43. The van der Waals surface area contributed by atoms with Gasteiger partial charge >= 0.3 is 0 Å². The van der Waals surface area contributed by atoms with Gasteiger partial charge in [-0.2, -0.15) is 0 Å². The van der Waals surface area contributed by atoms with Gasteiger partial charge in [-0.1, -0.05) is 30.5 Å². The fourth-order valence-corrected chi connectivity index (χ4v) is 4.00. The molecule has 3 rings (SSSR count). The fourth-order valence-electron chi connectivity index (χ4n) is 3.78. The van der Waals surface area contributed by atoms with Crippen molar-refractivity contribution in [3.8, 4) is 5.75 Å². The summed E-state index contributed by atoms with van der Waals surface area (Å²) in [5, 5.41) is 4.60. The van der Waals surface area contributed by atoms with Gasteiger partial charge < -0.3 is 10.1 Å². The van der Waals surface area contributed by atoms with Gasteiger partial charge in [-0.15, -0.1) is 0 Å². The van der Waals surface area contributed by atoms with Gasteiger partial charge in [0.2, 0.25) is 0 Å². The van der Waals surface area contributed by atoms with Crippen molar-refractivity contribution in [3.63, 3.8) is 0 Å². The van der Waals surface area contributed by atoms with Crippen LogP contribution in [0.5, 0.6) is 5.75 Å². The number of piperazine rings is 1. The molecule has 0 radical (unpaired) electrons.